The van der Waals surface area contributed by atoms with Crippen LogP contribution in [0, 0.1) is 5.92 Å². The molecule has 1 aliphatic heterocycles. The Morgan fingerprint density at radius 3 is 2.50 bits per heavy atom. The minimum absolute atomic E-state index is 0.287. The minimum atomic E-state index is 0.287. The minimum Gasteiger partial charge on any atom is -0.329 e. The maximum atomic E-state index is 6.17. The van der Waals surface area contributed by atoms with Crippen molar-refractivity contribution in [2.75, 3.05) is 33.7 Å². The summed E-state index contributed by atoms with van der Waals surface area (Å²) in [6.07, 6.45) is 7.97. The molecule has 1 atom stereocenters. The maximum Gasteiger partial charge on any atom is 0.0332 e. The molecule has 2 N–H and O–H groups in total. The fourth-order valence-electron chi connectivity index (χ4n) is 3.84. The Kier molecular flexibility index (Phi) is 4.68. The van der Waals surface area contributed by atoms with E-state index >= 15 is 0 Å². The Balaban J connectivity index is 2.02. The zero-order valence-corrected chi connectivity index (χ0v) is 12.5. The summed E-state index contributed by atoms with van der Waals surface area (Å²) in [5, 5.41) is 0. The highest BCUT2D eigenvalue weighted by molar-refractivity contribution is 4.97. The summed E-state index contributed by atoms with van der Waals surface area (Å²) in [6, 6.07) is 0.709. The summed E-state index contributed by atoms with van der Waals surface area (Å²) in [7, 11) is 4.57. The number of likely N-dealkylation sites (tertiary alicyclic amines) is 1. The summed E-state index contributed by atoms with van der Waals surface area (Å²) in [5.74, 6) is 0.895. The summed E-state index contributed by atoms with van der Waals surface area (Å²) in [6.45, 7) is 5.69. The molecule has 1 aliphatic carbocycles. The second-order valence-electron chi connectivity index (χ2n) is 6.78. The molecule has 106 valence electrons. The molecule has 0 amide bonds. The molecule has 2 aliphatic rings. The van der Waals surface area contributed by atoms with Gasteiger partial charge in [0, 0.05) is 24.7 Å². The molecule has 0 aromatic heterocycles. The van der Waals surface area contributed by atoms with E-state index in [2.05, 4.69) is 30.8 Å². The average molecular weight is 253 g/mol. The van der Waals surface area contributed by atoms with Crippen LogP contribution in [0.2, 0.25) is 0 Å². The summed E-state index contributed by atoms with van der Waals surface area (Å²) in [4.78, 5) is 5.12. The molecule has 0 spiro atoms. The van der Waals surface area contributed by atoms with Gasteiger partial charge < -0.3 is 10.6 Å². The van der Waals surface area contributed by atoms with Gasteiger partial charge in [-0.1, -0.05) is 6.92 Å². The van der Waals surface area contributed by atoms with E-state index in [0.717, 1.165) is 12.5 Å². The van der Waals surface area contributed by atoms with E-state index in [9.17, 15) is 0 Å². The topological polar surface area (TPSA) is 32.5 Å². The molecular formula is C15H31N3. The molecule has 0 aromatic rings. The van der Waals surface area contributed by atoms with Crippen LogP contribution in [0.4, 0.5) is 0 Å². The van der Waals surface area contributed by atoms with E-state index < -0.39 is 0 Å². The quantitative estimate of drug-likeness (QED) is 0.834. The van der Waals surface area contributed by atoms with Gasteiger partial charge in [-0.05, 0) is 65.1 Å². The van der Waals surface area contributed by atoms with Crippen molar-refractivity contribution in [2.24, 2.45) is 11.7 Å². The van der Waals surface area contributed by atoms with E-state index in [0.29, 0.717) is 6.04 Å². The number of nitrogens with two attached hydrogens (primary N) is 1. The predicted octanol–water partition coefficient (Wildman–Crippen LogP) is 1.92. The van der Waals surface area contributed by atoms with Crippen molar-refractivity contribution in [3.05, 3.63) is 0 Å². The molecule has 1 heterocycles. The summed E-state index contributed by atoms with van der Waals surface area (Å²) in [5.41, 5.74) is 6.46. The van der Waals surface area contributed by atoms with Gasteiger partial charge in [0.1, 0.15) is 0 Å². The fraction of sp³-hybridized carbons (Fsp3) is 1.00. The number of nitrogens with zero attached hydrogens (tertiary/aromatic N) is 2. The Bertz CT molecular complexity index is 258. The first kappa shape index (κ1) is 14.3. The zero-order valence-electron chi connectivity index (χ0n) is 12.5. The number of hydrogen-bond acceptors (Lipinski definition) is 3. The van der Waals surface area contributed by atoms with Crippen LogP contribution in [0.1, 0.15) is 45.4 Å². The lowest BCUT2D eigenvalue weighted by atomic mass is 9.75. The first-order chi connectivity index (χ1) is 8.57. The normalized spacial score (nSPS) is 39.2. The van der Waals surface area contributed by atoms with Gasteiger partial charge in [0.15, 0.2) is 0 Å². The van der Waals surface area contributed by atoms with Crippen molar-refractivity contribution in [2.45, 2.75) is 57.0 Å². The standard InChI is InChI=1S/C15H31N3/c1-13-6-8-15(12-16,9-7-13)18(3)14-5-4-10-17(2)11-14/h13-14H,4-12,16H2,1-3H3. The number of likely N-dealkylation sites (N-methyl/N-ethyl adjacent to an activating group) is 2. The van der Waals surface area contributed by atoms with Crippen molar-refractivity contribution in [3.8, 4) is 0 Å². The first-order valence-corrected chi connectivity index (χ1v) is 7.69. The Morgan fingerprint density at radius 1 is 1.28 bits per heavy atom. The highest BCUT2D eigenvalue weighted by atomic mass is 15.3. The average Bonchev–Trinajstić information content (AvgIpc) is 2.39. The molecule has 0 aromatic carbocycles. The molecule has 18 heavy (non-hydrogen) atoms. The maximum absolute atomic E-state index is 6.17. The SMILES string of the molecule is CC1CCC(CN)(N(C)C2CCCN(C)C2)CC1. The largest absolute Gasteiger partial charge is 0.329 e. The van der Waals surface area contributed by atoms with Crippen LogP contribution in [0.25, 0.3) is 0 Å². The second-order valence-corrected chi connectivity index (χ2v) is 6.78. The van der Waals surface area contributed by atoms with Gasteiger partial charge in [-0.25, -0.2) is 0 Å². The molecular weight excluding hydrogens is 222 g/mol. The fourth-order valence-corrected chi connectivity index (χ4v) is 3.84. The van der Waals surface area contributed by atoms with Gasteiger partial charge in [0.25, 0.3) is 0 Å². The third kappa shape index (κ3) is 2.89. The third-order valence-electron chi connectivity index (χ3n) is 5.48. The van der Waals surface area contributed by atoms with Crippen LogP contribution in [-0.4, -0.2) is 55.1 Å². The van der Waals surface area contributed by atoms with Crippen LogP contribution < -0.4 is 5.73 Å². The Labute approximate surface area is 113 Å². The van der Waals surface area contributed by atoms with Crippen molar-refractivity contribution in [1.29, 1.82) is 0 Å². The van der Waals surface area contributed by atoms with E-state index in [-0.39, 0.29) is 5.54 Å². The first-order valence-electron chi connectivity index (χ1n) is 7.69. The molecule has 3 heteroatoms. The van der Waals surface area contributed by atoms with Gasteiger partial charge in [0.2, 0.25) is 0 Å². The van der Waals surface area contributed by atoms with Gasteiger partial charge in [-0.2, -0.15) is 0 Å². The Morgan fingerprint density at radius 2 is 1.94 bits per heavy atom. The molecule has 0 radical (unpaired) electrons. The van der Waals surface area contributed by atoms with Gasteiger partial charge in [0.05, 0.1) is 0 Å². The zero-order chi connectivity index (χ0) is 13.2. The molecule has 0 bridgehead atoms. The van der Waals surface area contributed by atoms with Crippen LogP contribution in [0.3, 0.4) is 0 Å². The molecule has 1 unspecified atom stereocenters. The number of piperidine rings is 1. The lowest BCUT2D eigenvalue weighted by Crippen LogP contribution is -2.60. The smallest absolute Gasteiger partial charge is 0.0332 e. The van der Waals surface area contributed by atoms with E-state index in [1.165, 1.54) is 51.6 Å². The predicted molar refractivity (Wildman–Crippen MR) is 77.7 cm³/mol. The van der Waals surface area contributed by atoms with Crippen LogP contribution in [-0.2, 0) is 0 Å². The highest BCUT2D eigenvalue weighted by Crippen LogP contribution is 2.37. The number of hydrogen-bond donors (Lipinski definition) is 1. The van der Waals surface area contributed by atoms with Crippen LogP contribution >= 0.6 is 0 Å². The van der Waals surface area contributed by atoms with Crippen molar-refractivity contribution in [3.63, 3.8) is 0 Å². The highest BCUT2D eigenvalue weighted by Gasteiger charge is 2.40. The Hall–Kier alpha value is -0.120. The van der Waals surface area contributed by atoms with Crippen molar-refractivity contribution >= 4 is 0 Å². The lowest BCUT2D eigenvalue weighted by Gasteiger charge is -2.50. The van der Waals surface area contributed by atoms with Gasteiger partial charge in [-0.15, -0.1) is 0 Å². The molecule has 1 saturated heterocycles. The lowest BCUT2D eigenvalue weighted by molar-refractivity contribution is 0.00673. The van der Waals surface area contributed by atoms with Crippen LogP contribution in [0.15, 0.2) is 0 Å². The van der Waals surface area contributed by atoms with Crippen LogP contribution in [0.5, 0.6) is 0 Å². The second kappa shape index (κ2) is 5.89. The summed E-state index contributed by atoms with van der Waals surface area (Å²) >= 11 is 0. The van der Waals surface area contributed by atoms with Crippen molar-refractivity contribution < 1.29 is 0 Å². The van der Waals surface area contributed by atoms with Crippen molar-refractivity contribution in [1.82, 2.24) is 9.80 Å². The van der Waals surface area contributed by atoms with Gasteiger partial charge >= 0.3 is 0 Å². The molecule has 3 nitrogen and oxygen atoms in total. The summed E-state index contributed by atoms with van der Waals surface area (Å²) < 4.78 is 0. The molecule has 2 fully saturated rings. The van der Waals surface area contributed by atoms with Gasteiger partial charge in [-0.3, -0.25) is 4.90 Å². The number of rotatable bonds is 3. The third-order valence-corrected chi connectivity index (χ3v) is 5.48. The van der Waals surface area contributed by atoms with E-state index in [1.807, 2.05) is 0 Å². The van der Waals surface area contributed by atoms with E-state index in [1.54, 1.807) is 0 Å². The monoisotopic (exact) mass is 253 g/mol. The molecule has 2 rings (SSSR count). The van der Waals surface area contributed by atoms with E-state index in [4.69, 9.17) is 5.73 Å². The molecule has 1 saturated carbocycles.